The predicted octanol–water partition coefficient (Wildman–Crippen LogP) is 23.6. The minimum atomic E-state index is 0.0755. The molecule has 1 nitrogen and oxygen atoms in total. The lowest BCUT2D eigenvalue weighted by Gasteiger charge is -2.33. The molecule has 0 aliphatic heterocycles. The zero-order valence-electron chi connectivity index (χ0n) is 48.1. The largest absolute Gasteiger partial charge is 0.338 e. The molecule has 0 saturated carbocycles. The van der Waals surface area contributed by atoms with Crippen LogP contribution in [0.5, 0.6) is 0 Å². The number of benzene rings is 6. The molecule has 0 bridgehead atoms. The van der Waals surface area contributed by atoms with Crippen molar-refractivity contribution in [2.45, 2.75) is 245 Å². The molecule has 9 rings (SSSR count). The quantitative estimate of drug-likeness (QED) is 0.0371. The maximum Gasteiger partial charge on any atom is 0.0500 e. The van der Waals surface area contributed by atoms with Gasteiger partial charge in [0.1, 0.15) is 0 Å². The Kier molecular flexibility index (Phi) is 19.4. The molecule has 0 spiro atoms. The predicted molar refractivity (Wildman–Crippen MR) is 330 cm³/mol. The number of aromatic nitrogens is 1. The second-order valence-electron chi connectivity index (χ2n) is 23.9. The van der Waals surface area contributed by atoms with E-state index in [0.717, 1.165) is 6.42 Å². The van der Waals surface area contributed by atoms with Crippen molar-refractivity contribution in [1.29, 1.82) is 0 Å². The van der Waals surface area contributed by atoms with Gasteiger partial charge in [-0.25, -0.2) is 0 Å². The molecule has 0 amide bonds. The van der Waals surface area contributed by atoms with Crippen molar-refractivity contribution >= 4 is 21.8 Å². The Balaban J connectivity index is 1.08. The molecule has 0 fully saturated rings. The van der Waals surface area contributed by atoms with Crippen molar-refractivity contribution in [2.24, 2.45) is 0 Å². The number of fused-ring (bicyclic) bond motifs is 9. The Labute approximate surface area is 456 Å². The lowest BCUT2D eigenvalue weighted by atomic mass is 9.70. The third-order valence-electron chi connectivity index (χ3n) is 18.9. The van der Waals surface area contributed by atoms with Crippen LogP contribution in [0.3, 0.4) is 0 Å². The van der Waals surface area contributed by atoms with Crippen LogP contribution >= 0.6 is 0 Å². The Hall–Kier alpha value is -4.88. The number of hydrogen-bond acceptors (Lipinski definition) is 0. The minimum absolute atomic E-state index is 0.0755. The monoisotopic (exact) mass is 1000 g/mol. The third kappa shape index (κ3) is 11.7. The van der Waals surface area contributed by atoms with Crippen LogP contribution < -0.4 is 0 Å². The third-order valence-corrected chi connectivity index (χ3v) is 18.9. The van der Waals surface area contributed by atoms with Crippen LogP contribution in [0.25, 0.3) is 66.3 Å². The summed E-state index contributed by atoms with van der Waals surface area (Å²) >= 11 is 0. The number of rotatable bonds is 32. The van der Waals surface area contributed by atoms with Crippen molar-refractivity contribution < 1.29 is 0 Å². The first-order valence-corrected chi connectivity index (χ1v) is 31.5. The molecule has 398 valence electrons. The summed E-state index contributed by atoms with van der Waals surface area (Å²) in [6.45, 7) is 14.1. The molecule has 0 saturated heterocycles. The fourth-order valence-corrected chi connectivity index (χ4v) is 14.5. The van der Waals surface area contributed by atoms with Crippen LogP contribution in [0.2, 0.25) is 0 Å². The van der Waals surface area contributed by atoms with E-state index >= 15 is 0 Å². The highest BCUT2D eigenvalue weighted by Crippen LogP contribution is 2.57. The summed E-state index contributed by atoms with van der Waals surface area (Å²) in [5, 5.41) is 2.75. The van der Waals surface area contributed by atoms with Crippen LogP contribution in [0.4, 0.5) is 0 Å². The average molecular weight is 1000 g/mol. The van der Waals surface area contributed by atoms with Crippen LogP contribution in [0.15, 0.2) is 121 Å². The fraction of sp³-hybridized carbons (Fsp3) is 0.514. The van der Waals surface area contributed by atoms with Gasteiger partial charge in [-0.2, -0.15) is 0 Å². The average Bonchev–Trinajstić information content (AvgIpc) is 4.05. The Morgan fingerprint density at radius 1 is 0.320 bits per heavy atom. The minimum Gasteiger partial charge on any atom is -0.338 e. The zero-order chi connectivity index (χ0) is 52.0. The van der Waals surface area contributed by atoms with E-state index in [1.54, 1.807) is 22.3 Å². The molecule has 1 heterocycles. The summed E-state index contributed by atoms with van der Waals surface area (Å²) in [4.78, 5) is 0. The highest BCUT2D eigenvalue weighted by Gasteiger charge is 2.43. The maximum absolute atomic E-state index is 2.67. The summed E-state index contributed by atoms with van der Waals surface area (Å²) < 4.78 is 2.67. The Morgan fingerprint density at radius 2 is 0.680 bits per heavy atom. The molecule has 1 unspecified atom stereocenters. The van der Waals surface area contributed by atoms with Crippen LogP contribution in [0, 0.1) is 0 Å². The maximum atomic E-state index is 2.67. The first-order chi connectivity index (χ1) is 36.9. The van der Waals surface area contributed by atoms with E-state index in [1.165, 1.54) is 246 Å². The number of hydrogen-bond donors (Lipinski definition) is 0. The van der Waals surface area contributed by atoms with Gasteiger partial charge in [0.2, 0.25) is 0 Å². The van der Waals surface area contributed by atoms with E-state index in [0.29, 0.717) is 6.04 Å². The van der Waals surface area contributed by atoms with Gasteiger partial charge in [-0.15, -0.1) is 0 Å². The first-order valence-electron chi connectivity index (χ1n) is 31.5. The van der Waals surface area contributed by atoms with E-state index in [2.05, 4.69) is 167 Å². The van der Waals surface area contributed by atoms with Crippen LogP contribution in [-0.4, -0.2) is 4.57 Å². The van der Waals surface area contributed by atoms with Crippen molar-refractivity contribution in [3.8, 4) is 44.5 Å². The van der Waals surface area contributed by atoms with Gasteiger partial charge < -0.3 is 4.57 Å². The molecule has 7 aromatic rings. The van der Waals surface area contributed by atoms with E-state index < -0.39 is 0 Å². The SMILES string of the molecule is CCCCCCCCC1(CCCCCCCC)c2ccccc2-c2ccc(-c3ccc4c(c3)c3ccc(-c5ccc6c(c5)C(CCCCCCCC)(CCCCCCCC)c5ccccc5-6)cc3n4C(C)CC)cc21. The van der Waals surface area contributed by atoms with Gasteiger partial charge in [-0.3, -0.25) is 0 Å². The van der Waals surface area contributed by atoms with E-state index in [9.17, 15) is 0 Å². The molecule has 6 aromatic carbocycles. The molecular formula is C74H97N. The summed E-state index contributed by atoms with van der Waals surface area (Å²) in [7, 11) is 0. The highest BCUT2D eigenvalue weighted by atomic mass is 15.0. The summed E-state index contributed by atoms with van der Waals surface area (Å²) in [5.41, 5.74) is 20.6. The molecule has 1 aromatic heterocycles. The van der Waals surface area contributed by atoms with E-state index in [1.807, 2.05) is 0 Å². The van der Waals surface area contributed by atoms with E-state index in [-0.39, 0.29) is 10.8 Å². The smallest absolute Gasteiger partial charge is 0.0500 e. The zero-order valence-corrected chi connectivity index (χ0v) is 48.1. The van der Waals surface area contributed by atoms with Gasteiger partial charge in [0.05, 0.1) is 0 Å². The van der Waals surface area contributed by atoms with Crippen molar-refractivity contribution in [2.75, 3.05) is 0 Å². The van der Waals surface area contributed by atoms with Gasteiger partial charge in [0.25, 0.3) is 0 Å². The lowest BCUT2D eigenvalue weighted by Crippen LogP contribution is -2.25. The summed E-state index contributed by atoms with van der Waals surface area (Å²) in [6.07, 6.45) is 38.3. The summed E-state index contributed by atoms with van der Waals surface area (Å²) in [6, 6.07) is 49.6. The topological polar surface area (TPSA) is 4.93 Å². The summed E-state index contributed by atoms with van der Waals surface area (Å²) in [5.74, 6) is 0. The lowest BCUT2D eigenvalue weighted by molar-refractivity contribution is 0.398. The normalized spacial score (nSPS) is 14.4. The van der Waals surface area contributed by atoms with Gasteiger partial charge >= 0.3 is 0 Å². The van der Waals surface area contributed by atoms with E-state index in [4.69, 9.17) is 0 Å². The Morgan fingerprint density at radius 3 is 1.12 bits per heavy atom. The molecule has 2 aliphatic rings. The van der Waals surface area contributed by atoms with Gasteiger partial charge in [0, 0.05) is 38.7 Å². The molecular weight excluding hydrogens is 903 g/mol. The molecule has 0 N–H and O–H groups in total. The highest BCUT2D eigenvalue weighted by molar-refractivity contribution is 6.10. The van der Waals surface area contributed by atoms with Gasteiger partial charge in [-0.05, 0) is 136 Å². The first kappa shape index (κ1) is 54.9. The second kappa shape index (κ2) is 26.4. The van der Waals surface area contributed by atoms with Gasteiger partial charge in [0.15, 0.2) is 0 Å². The molecule has 1 atom stereocenters. The Bertz CT molecular complexity index is 2890. The van der Waals surface area contributed by atoms with Crippen molar-refractivity contribution in [3.05, 3.63) is 144 Å². The van der Waals surface area contributed by atoms with Crippen LogP contribution in [-0.2, 0) is 10.8 Å². The molecule has 1 heteroatoms. The molecule has 0 radical (unpaired) electrons. The fourth-order valence-electron chi connectivity index (χ4n) is 14.5. The number of nitrogens with zero attached hydrogens (tertiary/aromatic N) is 1. The molecule has 75 heavy (non-hydrogen) atoms. The second-order valence-corrected chi connectivity index (χ2v) is 23.9. The van der Waals surface area contributed by atoms with Gasteiger partial charge in [-0.1, -0.05) is 280 Å². The number of unbranched alkanes of at least 4 members (excludes halogenated alkanes) is 20. The van der Waals surface area contributed by atoms with Crippen LogP contribution in [0.1, 0.15) is 256 Å². The molecule has 2 aliphatic carbocycles. The van der Waals surface area contributed by atoms with Crippen molar-refractivity contribution in [1.82, 2.24) is 4.57 Å². The van der Waals surface area contributed by atoms with Crippen molar-refractivity contribution in [3.63, 3.8) is 0 Å². The standard InChI is InChI=1S/C74H97N/c1-7-12-16-20-24-32-48-73(49-33-25-21-17-13-8-2)67-38-30-28-36-61(67)63-44-40-58(53-69(63)73)57-43-47-71-66(52-57)65-46-42-60(55-72(65)75(71)56(6)11-5)59-41-45-64-62-37-29-31-39-68(62)74(70(64)54-59,50-34-26-22-18-14-9-3)51-35-27-23-19-15-10-4/h28-31,36-47,52-56H,7-27,32-35,48-51H2,1-6H3.